The van der Waals surface area contributed by atoms with Crippen LogP contribution in [0.4, 0.5) is 0 Å². The van der Waals surface area contributed by atoms with Crippen LogP contribution in [0.5, 0.6) is 0 Å². The van der Waals surface area contributed by atoms with Crippen LogP contribution in [0.25, 0.3) is 0 Å². The third kappa shape index (κ3) is 4.21. The molecule has 0 unspecified atom stereocenters. The maximum atomic E-state index is 10.3. The van der Waals surface area contributed by atoms with Gasteiger partial charge in [-0.3, -0.25) is 4.79 Å². The van der Waals surface area contributed by atoms with Gasteiger partial charge in [-0.25, -0.2) is 0 Å². The van der Waals surface area contributed by atoms with Gasteiger partial charge in [0.1, 0.15) is 0 Å². The SMILES string of the molecule is [CH2]C(=O)O[Si](C)(C)CC. The van der Waals surface area contributed by atoms with Crippen LogP contribution < -0.4 is 0 Å². The Kier molecular flexibility index (Phi) is 2.90. The van der Waals surface area contributed by atoms with Crippen molar-refractivity contribution in [1.29, 1.82) is 0 Å². The molecule has 3 heteroatoms. The lowest BCUT2D eigenvalue weighted by molar-refractivity contribution is -0.130. The van der Waals surface area contributed by atoms with Crippen LogP contribution in [-0.4, -0.2) is 14.3 Å². The molecule has 0 aromatic carbocycles. The van der Waals surface area contributed by atoms with Crippen molar-refractivity contribution in [1.82, 2.24) is 0 Å². The van der Waals surface area contributed by atoms with E-state index in [4.69, 9.17) is 4.43 Å². The van der Waals surface area contributed by atoms with Crippen LogP contribution in [0.3, 0.4) is 0 Å². The standard InChI is InChI=1S/C6H13O2Si/c1-5-9(3,4)8-6(2)7/h2,5H2,1,3-4H3. The minimum atomic E-state index is -1.65. The second-order valence-corrected chi connectivity index (χ2v) is 7.02. The predicted octanol–water partition coefficient (Wildman–Crippen LogP) is 1.59. The number of hydrogen-bond donors (Lipinski definition) is 0. The molecule has 0 heterocycles. The number of hydrogen-bond acceptors (Lipinski definition) is 2. The van der Waals surface area contributed by atoms with E-state index in [0.29, 0.717) is 0 Å². The Labute approximate surface area is 57.3 Å². The first-order valence-electron chi connectivity index (χ1n) is 3.03. The van der Waals surface area contributed by atoms with E-state index < -0.39 is 14.3 Å². The van der Waals surface area contributed by atoms with Gasteiger partial charge in [0.2, 0.25) is 8.32 Å². The zero-order valence-electron chi connectivity index (χ0n) is 6.23. The van der Waals surface area contributed by atoms with Crippen molar-refractivity contribution < 1.29 is 9.22 Å². The maximum absolute atomic E-state index is 10.3. The molecule has 0 aliphatic heterocycles. The van der Waals surface area contributed by atoms with E-state index in [2.05, 4.69) is 6.92 Å². The van der Waals surface area contributed by atoms with Crippen molar-refractivity contribution in [3.63, 3.8) is 0 Å². The molecule has 53 valence electrons. The average molecular weight is 145 g/mol. The van der Waals surface area contributed by atoms with Crippen LogP contribution in [0, 0.1) is 6.92 Å². The van der Waals surface area contributed by atoms with Crippen LogP contribution >= 0.6 is 0 Å². The second-order valence-electron chi connectivity index (χ2n) is 2.59. The second kappa shape index (κ2) is 3.01. The highest BCUT2D eigenvalue weighted by Gasteiger charge is 2.22. The molecule has 0 fully saturated rings. The van der Waals surface area contributed by atoms with E-state index in [1.54, 1.807) is 0 Å². The smallest absolute Gasteiger partial charge is 0.293 e. The monoisotopic (exact) mass is 145 g/mol. The van der Waals surface area contributed by atoms with Gasteiger partial charge < -0.3 is 4.43 Å². The summed E-state index contributed by atoms with van der Waals surface area (Å²) in [6, 6.07) is 0.953. The fourth-order valence-corrected chi connectivity index (χ4v) is 1.14. The summed E-state index contributed by atoms with van der Waals surface area (Å²) in [4.78, 5) is 10.3. The summed E-state index contributed by atoms with van der Waals surface area (Å²) < 4.78 is 4.98. The molecular weight excluding hydrogens is 132 g/mol. The molecule has 0 rings (SSSR count). The van der Waals surface area contributed by atoms with E-state index in [1.807, 2.05) is 20.0 Å². The van der Waals surface area contributed by atoms with Gasteiger partial charge in [0.15, 0.2) is 0 Å². The van der Waals surface area contributed by atoms with Crippen LogP contribution in [0.1, 0.15) is 6.92 Å². The third-order valence-electron chi connectivity index (χ3n) is 1.24. The molecule has 2 nitrogen and oxygen atoms in total. The Morgan fingerprint density at radius 3 is 2.22 bits per heavy atom. The summed E-state index contributed by atoms with van der Waals surface area (Å²) in [7, 11) is -1.65. The van der Waals surface area contributed by atoms with Crippen molar-refractivity contribution in [2.24, 2.45) is 0 Å². The quantitative estimate of drug-likeness (QED) is 0.551. The lowest BCUT2D eigenvalue weighted by Crippen LogP contribution is -2.31. The minimum absolute atomic E-state index is 0.395. The van der Waals surface area contributed by atoms with Gasteiger partial charge in [0.25, 0.3) is 5.97 Å². The maximum Gasteiger partial charge on any atom is 0.293 e. The predicted molar refractivity (Wildman–Crippen MR) is 39.4 cm³/mol. The Bertz CT molecular complexity index is 110. The topological polar surface area (TPSA) is 26.3 Å². The Morgan fingerprint density at radius 1 is 1.67 bits per heavy atom. The van der Waals surface area contributed by atoms with E-state index in [9.17, 15) is 4.79 Å². The van der Waals surface area contributed by atoms with E-state index in [0.717, 1.165) is 6.04 Å². The summed E-state index contributed by atoms with van der Waals surface area (Å²) in [5.41, 5.74) is 0. The van der Waals surface area contributed by atoms with Crippen molar-refractivity contribution in [2.75, 3.05) is 0 Å². The molecule has 0 aromatic rings. The Balaban J connectivity index is 3.71. The lowest BCUT2D eigenvalue weighted by Gasteiger charge is -2.18. The first-order valence-corrected chi connectivity index (χ1v) is 6.14. The van der Waals surface area contributed by atoms with Crippen molar-refractivity contribution in [2.45, 2.75) is 26.1 Å². The summed E-state index contributed by atoms with van der Waals surface area (Å²) >= 11 is 0. The third-order valence-corrected chi connectivity index (χ3v) is 3.72. The van der Waals surface area contributed by atoms with Gasteiger partial charge in [-0.05, 0) is 19.1 Å². The van der Waals surface area contributed by atoms with Gasteiger partial charge in [-0.2, -0.15) is 0 Å². The van der Waals surface area contributed by atoms with Gasteiger partial charge in [-0.15, -0.1) is 0 Å². The molecule has 0 saturated carbocycles. The van der Waals surface area contributed by atoms with Crippen LogP contribution in [0.15, 0.2) is 0 Å². The summed E-state index contributed by atoms with van der Waals surface area (Å²) in [6.07, 6.45) is 0. The minimum Gasteiger partial charge on any atom is -0.520 e. The highest BCUT2D eigenvalue weighted by Crippen LogP contribution is 2.09. The zero-order chi connectivity index (χ0) is 7.49. The highest BCUT2D eigenvalue weighted by molar-refractivity contribution is 6.72. The molecule has 0 N–H and O–H groups in total. The van der Waals surface area contributed by atoms with Gasteiger partial charge >= 0.3 is 0 Å². The first kappa shape index (κ1) is 8.69. The van der Waals surface area contributed by atoms with Crippen molar-refractivity contribution >= 4 is 14.3 Å². The lowest BCUT2D eigenvalue weighted by atomic mass is 10.9. The largest absolute Gasteiger partial charge is 0.520 e. The average Bonchev–Trinajstić information content (AvgIpc) is 1.63. The summed E-state index contributed by atoms with van der Waals surface area (Å²) in [5.74, 6) is -0.395. The molecule has 0 spiro atoms. The molecular formula is C6H13O2Si. The zero-order valence-corrected chi connectivity index (χ0v) is 7.23. The molecule has 0 aliphatic rings. The van der Waals surface area contributed by atoms with E-state index in [-0.39, 0.29) is 0 Å². The Hall–Kier alpha value is -0.313. The number of carbonyl (C=O) groups excluding carboxylic acids is 1. The normalized spacial score (nSPS) is 11.1. The van der Waals surface area contributed by atoms with Crippen LogP contribution in [0.2, 0.25) is 19.1 Å². The molecule has 0 bridgehead atoms. The van der Waals surface area contributed by atoms with Crippen molar-refractivity contribution in [3.05, 3.63) is 6.92 Å². The molecule has 1 radical (unpaired) electrons. The highest BCUT2D eigenvalue weighted by atomic mass is 28.4. The summed E-state index contributed by atoms with van der Waals surface area (Å²) in [5, 5.41) is 0. The fourth-order valence-electron chi connectivity index (χ4n) is 0.380. The van der Waals surface area contributed by atoms with Gasteiger partial charge in [0.05, 0.1) is 6.92 Å². The fraction of sp³-hybridized carbons (Fsp3) is 0.667. The molecule has 0 aliphatic carbocycles. The Morgan fingerprint density at radius 2 is 2.11 bits per heavy atom. The van der Waals surface area contributed by atoms with Gasteiger partial charge in [0, 0.05) is 0 Å². The summed E-state index contributed by atoms with van der Waals surface area (Å²) in [6.45, 7) is 9.16. The van der Waals surface area contributed by atoms with Crippen LogP contribution in [-0.2, 0) is 9.22 Å². The van der Waals surface area contributed by atoms with Crippen molar-refractivity contribution in [3.8, 4) is 0 Å². The first-order chi connectivity index (χ1) is 3.98. The van der Waals surface area contributed by atoms with E-state index >= 15 is 0 Å². The molecule has 0 atom stereocenters. The van der Waals surface area contributed by atoms with Gasteiger partial charge in [-0.1, -0.05) is 6.92 Å². The molecule has 0 amide bonds. The molecule has 9 heavy (non-hydrogen) atoms. The number of rotatable bonds is 2. The molecule has 0 saturated heterocycles. The number of carbonyl (C=O) groups is 1. The van der Waals surface area contributed by atoms with E-state index in [1.165, 1.54) is 0 Å². The molecule has 0 aromatic heterocycles.